The topological polar surface area (TPSA) is 65.0 Å². The summed E-state index contributed by atoms with van der Waals surface area (Å²) in [7, 11) is 5.10. The number of fused-ring (bicyclic) bond motifs is 1. The van der Waals surface area contributed by atoms with Crippen molar-refractivity contribution in [2.75, 3.05) is 34.5 Å². The molecule has 0 bridgehead atoms. The summed E-state index contributed by atoms with van der Waals surface area (Å²) in [6.45, 7) is 9.89. The van der Waals surface area contributed by atoms with E-state index in [1.165, 1.54) is 5.57 Å². The number of carboxylic acids is 1. The zero-order valence-electron chi connectivity index (χ0n) is 18.0. The largest absolute Gasteiger partial charge is 0.478 e. The van der Waals surface area contributed by atoms with Crippen LogP contribution in [0.25, 0.3) is 0 Å². The van der Waals surface area contributed by atoms with Crippen LogP contribution in [0.2, 0.25) is 0 Å². The second-order valence-corrected chi connectivity index (χ2v) is 8.71. The third-order valence-corrected chi connectivity index (χ3v) is 7.10. The van der Waals surface area contributed by atoms with E-state index in [0.29, 0.717) is 12.5 Å². The Labute approximate surface area is 169 Å². The van der Waals surface area contributed by atoms with Crippen LogP contribution in [-0.2, 0) is 19.0 Å². The smallest absolute Gasteiger partial charge is 0.335 e. The molecule has 0 aliphatic heterocycles. The summed E-state index contributed by atoms with van der Waals surface area (Å²) < 4.78 is 16.5. The first-order valence-corrected chi connectivity index (χ1v) is 10.0. The van der Waals surface area contributed by atoms with E-state index < -0.39 is 5.97 Å². The van der Waals surface area contributed by atoms with Crippen LogP contribution in [0, 0.1) is 22.7 Å². The Bertz CT molecular complexity index is 637. The van der Waals surface area contributed by atoms with Gasteiger partial charge in [0.25, 0.3) is 0 Å². The molecule has 0 aromatic carbocycles. The zero-order chi connectivity index (χ0) is 20.9. The van der Waals surface area contributed by atoms with Crippen molar-refractivity contribution >= 4 is 5.97 Å². The number of aliphatic carboxylic acids is 1. The van der Waals surface area contributed by atoms with Gasteiger partial charge in [0.1, 0.15) is 0 Å². The Balaban J connectivity index is 2.39. The van der Waals surface area contributed by atoms with E-state index in [0.717, 1.165) is 25.7 Å². The van der Waals surface area contributed by atoms with E-state index in [9.17, 15) is 9.90 Å². The van der Waals surface area contributed by atoms with Crippen LogP contribution in [0.1, 0.15) is 39.5 Å². The van der Waals surface area contributed by atoms with E-state index in [4.69, 9.17) is 14.2 Å². The minimum absolute atomic E-state index is 0.000979. The number of hydrogen-bond acceptors (Lipinski definition) is 4. The monoisotopic (exact) mass is 392 g/mol. The lowest BCUT2D eigenvalue weighted by molar-refractivity contribution is -0.162. The maximum atomic E-state index is 11.6. The van der Waals surface area contributed by atoms with Crippen LogP contribution in [0.15, 0.2) is 36.0 Å². The lowest BCUT2D eigenvalue weighted by atomic mass is 9.46. The van der Waals surface area contributed by atoms with Crippen LogP contribution >= 0.6 is 0 Å². The van der Waals surface area contributed by atoms with Crippen molar-refractivity contribution in [2.45, 2.75) is 45.6 Å². The predicted octanol–water partition coefficient (Wildman–Crippen LogP) is 4.25. The maximum Gasteiger partial charge on any atom is 0.335 e. The van der Waals surface area contributed by atoms with Gasteiger partial charge in [-0.1, -0.05) is 38.2 Å². The second-order valence-electron chi connectivity index (χ2n) is 8.71. The van der Waals surface area contributed by atoms with Gasteiger partial charge in [-0.15, -0.1) is 0 Å². The van der Waals surface area contributed by atoms with Crippen LogP contribution in [-0.4, -0.2) is 51.7 Å². The minimum atomic E-state index is -0.941. The number of carboxylic acid groups (broad SMARTS) is 1. The predicted molar refractivity (Wildman–Crippen MR) is 110 cm³/mol. The molecular weight excluding hydrogens is 356 g/mol. The van der Waals surface area contributed by atoms with Crippen LogP contribution in [0.4, 0.5) is 0 Å². The highest BCUT2D eigenvalue weighted by atomic mass is 16.5. The van der Waals surface area contributed by atoms with Gasteiger partial charge in [-0.2, -0.15) is 0 Å². The first kappa shape index (κ1) is 22.9. The van der Waals surface area contributed by atoms with Crippen molar-refractivity contribution in [1.29, 1.82) is 0 Å². The zero-order valence-corrected chi connectivity index (χ0v) is 18.0. The van der Waals surface area contributed by atoms with Gasteiger partial charge in [0, 0.05) is 32.7 Å². The number of ether oxygens (including phenoxy) is 3. The Morgan fingerprint density at radius 3 is 2.54 bits per heavy atom. The van der Waals surface area contributed by atoms with Crippen molar-refractivity contribution in [3.63, 3.8) is 0 Å². The molecule has 0 aromatic heterocycles. The van der Waals surface area contributed by atoms with Gasteiger partial charge < -0.3 is 19.3 Å². The normalized spacial score (nSPS) is 36.5. The molecule has 1 unspecified atom stereocenters. The van der Waals surface area contributed by atoms with Crippen molar-refractivity contribution < 1.29 is 24.1 Å². The molecule has 0 saturated heterocycles. The molecule has 0 aromatic rings. The lowest BCUT2D eigenvalue weighted by Crippen LogP contribution is -2.57. The SMILES string of the molecule is C=C1CCC2[C@](C)(COC)[C@H](OC)CC[C@@]2(C)[C@@H]1/C=C/C(=C\COC)C(=O)O. The van der Waals surface area contributed by atoms with Crippen molar-refractivity contribution in [3.8, 4) is 0 Å². The molecule has 5 heteroatoms. The molecule has 0 radical (unpaired) electrons. The Morgan fingerprint density at radius 1 is 1.25 bits per heavy atom. The molecule has 28 heavy (non-hydrogen) atoms. The van der Waals surface area contributed by atoms with Crippen LogP contribution < -0.4 is 0 Å². The number of rotatable bonds is 8. The van der Waals surface area contributed by atoms with Crippen molar-refractivity contribution in [2.24, 2.45) is 22.7 Å². The molecule has 2 saturated carbocycles. The quantitative estimate of drug-likeness (QED) is 0.380. The van der Waals surface area contributed by atoms with E-state index in [2.05, 4.69) is 20.4 Å². The lowest BCUT2D eigenvalue weighted by Gasteiger charge is -2.60. The molecule has 5 nitrogen and oxygen atoms in total. The molecule has 2 fully saturated rings. The molecular formula is C23H36O5. The highest BCUT2D eigenvalue weighted by Crippen LogP contribution is 2.61. The third-order valence-electron chi connectivity index (χ3n) is 7.10. The number of carbonyl (C=O) groups is 1. The van der Waals surface area contributed by atoms with Gasteiger partial charge in [0.15, 0.2) is 0 Å². The van der Waals surface area contributed by atoms with Gasteiger partial charge in [-0.3, -0.25) is 0 Å². The summed E-state index contributed by atoms with van der Waals surface area (Å²) in [6, 6.07) is 0. The van der Waals surface area contributed by atoms with Crippen molar-refractivity contribution in [1.82, 2.24) is 0 Å². The number of allylic oxidation sites excluding steroid dienone is 2. The molecule has 2 aliphatic rings. The standard InChI is InChI=1S/C23H36O5/c1-16-7-10-19-22(2,13-11-20(28-6)23(19,3)15-27-5)18(16)9-8-17(21(24)25)12-14-26-4/h8-9,12,18-20H,1,7,10-11,13-15H2,2-6H3,(H,24,25)/b9-8+,17-12+/t18-,19?,20-,22+,23+/m1/s1. The van der Waals surface area contributed by atoms with Gasteiger partial charge in [-0.25, -0.2) is 4.79 Å². The molecule has 158 valence electrons. The maximum absolute atomic E-state index is 11.6. The van der Waals surface area contributed by atoms with E-state index >= 15 is 0 Å². The molecule has 0 amide bonds. The summed E-state index contributed by atoms with van der Waals surface area (Å²) >= 11 is 0. The molecule has 0 heterocycles. The van der Waals surface area contributed by atoms with E-state index in [1.807, 2.05) is 6.08 Å². The average Bonchev–Trinajstić information content (AvgIpc) is 2.63. The van der Waals surface area contributed by atoms with Crippen LogP contribution in [0.5, 0.6) is 0 Å². The highest BCUT2D eigenvalue weighted by Gasteiger charge is 2.57. The van der Waals surface area contributed by atoms with Gasteiger partial charge in [0.05, 0.1) is 24.9 Å². The van der Waals surface area contributed by atoms with Gasteiger partial charge in [0.2, 0.25) is 0 Å². The molecule has 1 N–H and O–H groups in total. The fourth-order valence-corrected chi connectivity index (χ4v) is 5.75. The van der Waals surface area contributed by atoms with E-state index in [1.54, 1.807) is 33.5 Å². The number of methoxy groups -OCH3 is 3. The summed E-state index contributed by atoms with van der Waals surface area (Å²) in [5, 5.41) is 9.48. The summed E-state index contributed by atoms with van der Waals surface area (Å²) in [5.74, 6) is -0.399. The summed E-state index contributed by atoms with van der Waals surface area (Å²) in [5.41, 5.74) is 1.36. The molecule has 2 aliphatic carbocycles. The minimum Gasteiger partial charge on any atom is -0.478 e. The Hall–Kier alpha value is -1.43. The van der Waals surface area contributed by atoms with Crippen LogP contribution in [0.3, 0.4) is 0 Å². The highest BCUT2D eigenvalue weighted by molar-refractivity contribution is 5.89. The molecule has 0 spiro atoms. The second kappa shape index (κ2) is 9.38. The molecule has 2 rings (SSSR count). The fraction of sp³-hybridized carbons (Fsp3) is 0.696. The van der Waals surface area contributed by atoms with E-state index in [-0.39, 0.29) is 35.0 Å². The summed E-state index contributed by atoms with van der Waals surface area (Å²) in [6.07, 6.45) is 9.52. The van der Waals surface area contributed by atoms with Gasteiger partial charge >= 0.3 is 5.97 Å². The number of hydrogen-bond donors (Lipinski definition) is 1. The Morgan fingerprint density at radius 2 is 1.96 bits per heavy atom. The van der Waals surface area contributed by atoms with Gasteiger partial charge in [-0.05, 0) is 43.1 Å². The van der Waals surface area contributed by atoms with Crippen molar-refractivity contribution in [3.05, 3.63) is 36.0 Å². The third kappa shape index (κ3) is 4.27. The average molecular weight is 393 g/mol. The fourth-order valence-electron chi connectivity index (χ4n) is 5.75. The summed E-state index contributed by atoms with van der Waals surface area (Å²) in [4.78, 5) is 11.6. The molecule has 5 atom stereocenters. The first-order valence-electron chi connectivity index (χ1n) is 10.0. The Kier molecular flexibility index (Phi) is 7.66. The first-order chi connectivity index (χ1) is 13.2.